The predicted molar refractivity (Wildman–Crippen MR) is 48.6 cm³/mol. The number of rotatable bonds is 0. The molecule has 0 spiro atoms. The molecule has 56 valence electrons. The Bertz CT molecular complexity index is 372. The molecule has 0 heteroatoms. The van der Waals surface area contributed by atoms with Crippen LogP contribution >= 0.6 is 0 Å². The zero-order valence-corrected chi connectivity index (χ0v) is 6.80. The zero-order chi connectivity index (χ0) is 7.68. The first-order valence-corrected chi connectivity index (χ1v) is 4.13. The van der Waals surface area contributed by atoms with Crippen molar-refractivity contribution in [2.45, 2.75) is 19.8 Å². The minimum absolute atomic E-state index is 1.20. The maximum Gasteiger partial charge on any atom is -0.0224 e. The van der Waals surface area contributed by atoms with Crippen LogP contribution in [0.15, 0.2) is 18.2 Å². The van der Waals surface area contributed by atoms with Crippen LogP contribution in [0.1, 0.15) is 18.4 Å². The second-order valence-corrected chi connectivity index (χ2v) is 3.12. The molecule has 0 bridgehead atoms. The van der Waals surface area contributed by atoms with Gasteiger partial charge in [0.25, 0.3) is 0 Å². The Kier molecular flexibility index (Phi) is 1.54. The van der Waals surface area contributed by atoms with Crippen LogP contribution in [0.5, 0.6) is 0 Å². The monoisotopic (exact) mass is 144 g/mol. The number of fused-ring (bicyclic) bond motifs is 1. The molecule has 0 unspecified atom stereocenters. The van der Waals surface area contributed by atoms with E-state index in [2.05, 4.69) is 37.3 Å². The van der Waals surface area contributed by atoms with E-state index in [0.717, 1.165) is 0 Å². The summed E-state index contributed by atoms with van der Waals surface area (Å²) in [5.41, 5.74) is 1.36. The van der Waals surface area contributed by atoms with Crippen molar-refractivity contribution < 1.29 is 0 Å². The highest BCUT2D eigenvalue weighted by Crippen LogP contribution is 1.96. The summed E-state index contributed by atoms with van der Waals surface area (Å²) < 4.78 is 0. The van der Waals surface area contributed by atoms with Crippen molar-refractivity contribution in [3.05, 3.63) is 34.2 Å². The highest BCUT2D eigenvalue weighted by atomic mass is 14.0. The predicted octanol–water partition coefficient (Wildman–Crippen LogP) is 1.35. The maximum atomic E-state index is 2.32. The van der Waals surface area contributed by atoms with Gasteiger partial charge in [-0.3, -0.25) is 0 Å². The number of benzene rings is 1. The Morgan fingerprint density at radius 3 is 2.55 bits per heavy atom. The number of aryl methyl sites for hydroxylation is 1. The fraction of sp³-hybridized carbons (Fsp3) is 0.273. The van der Waals surface area contributed by atoms with Crippen LogP contribution in [0.3, 0.4) is 0 Å². The minimum atomic E-state index is 1.20. The lowest BCUT2D eigenvalue weighted by Crippen LogP contribution is -2.26. The summed E-state index contributed by atoms with van der Waals surface area (Å²) in [5, 5.41) is 2.82. The number of hydrogen-bond donors (Lipinski definition) is 0. The first kappa shape index (κ1) is 6.66. The Morgan fingerprint density at radius 1 is 1.00 bits per heavy atom. The van der Waals surface area contributed by atoms with E-state index in [1.807, 2.05) is 0 Å². The molecule has 0 saturated carbocycles. The van der Waals surface area contributed by atoms with E-state index in [4.69, 9.17) is 0 Å². The van der Waals surface area contributed by atoms with Gasteiger partial charge in [-0.25, -0.2) is 0 Å². The molecule has 11 heavy (non-hydrogen) atoms. The van der Waals surface area contributed by atoms with Crippen LogP contribution < -0.4 is 10.4 Å². The SMILES string of the molecule is Cc1ccc2c(c1)=CCCC=2. The van der Waals surface area contributed by atoms with Crippen molar-refractivity contribution in [3.63, 3.8) is 0 Å². The molecule has 1 aliphatic rings. The van der Waals surface area contributed by atoms with Crippen LogP contribution in [0.25, 0.3) is 12.2 Å². The largest absolute Gasteiger partial charge is 0.0764 e. The summed E-state index contributed by atoms with van der Waals surface area (Å²) in [7, 11) is 0. The van der Waals surface area contributed by atoms with Crippen molar-refractivity contribution in [2.24, 2.45) is 0 Å². The smallest absolute Gasteiger partial charge is 0.0224 e. The van der Waals surface area contributed by atoms with Gasteiger partial charge in [-0.05, 0) is 30.2 Å². The highest BCUT2D eigenvalue weighted by Gasteiger charge is 1.91. The van der Waals surface area contributed by atoms with Gasteiger partial charge in [-0.2, -0.15) is 0 Å². The van der Waals surface area contributed by atoms with E-state index in [0.29, 0.717) is 0 Å². The molecule has 0 fully saturated rings. The summed E-state index contributed by atoms with van der Waals surface area (Å²) in [6, 6.07) is 6.64. The summed E-state index contributed by atoms with van der Waals surface area (Å²) in [4.78, 5) is 0. The number of hydrogen-bond acceptors (Lipinski definition) is 0. The van der Waals surface area contributed by atoms with Gasteiger partial charge in [0.2, 0.25) is 0 Å². The molecule has 1 aromatic carbocycles. The van der Waals surface area contributed by atoms with Crippen LogP contribution in [0, 0.1) is 6.92 Å². The van der Waals surface area contributed by atoms with Gasteiger partial charge in [0.05, 0.1) is 0 Å². The molecular weight excluding hydrogens is 132 g/mol. The van der Waals surface area contributed by atoms with E-state index >= 15 is 0 Å². The molecule has 1 aliphatic carbocycles. The van der Waals surface area contributed by atoms with Gasteiger partial charge in [-0.15, -0.1) is 0 Å². The fourth-order valence-electron chi connectivity index (χ4n) is 1.53. The lowest BCUT2D eigenvalue weighted by molar-refractivity contribution is 1.11. The molecule has 1 aromatic rings. The normalized spacial score (nSPS) is 14.6. The molecule has 0 radical (unpaired) electrons. The van der Waals surface area contributed by atoms with Gasteiger partial charge in [0.1, 0.15) is 0 Å². The topological polar surface area (TPSA) is 0 Å². The lowest BCUT2D eigenvalue weighted by Gasteiger charge is -1.99. The quantitative estimate of drug-likeness (QED) is 0.515. The average Bonchev–Trinajstić information content (AvgIpc) is 2.04. The van der Waals surface area contributed by atoms with Crippen molar-refractivity contribution in [3.8, 4) is 0 Å². The second-order valence-electron chi connectivity index (χ2n) is 3.12. The van der Waals surface area contributed by atoms with Crippen LogP contribution in [0.2, 0.25) is 0 Å². The molecular formula is C11H12. The van der Waals surface area contributed by atoms with E-state index in [-0.39, 0.29) is 0 Å². The lowest BCUT2D eigenvalue weighted by atomic mass is 10.1. The van der Waals surface area contributed by atoms with Crippen molar-refractivity contribution >= 4 is 12.2 Å². The molecule has 0 heterocycles. The first-order valence-electron chi connectivity index (χ1n) is 4.13. The summed E-state index contributed by atoms with van der Waals surface area (Å²) in [6.45, 7) is 2.14. The third-order valence-electron chi connectivity index (χ3n) is 2.14. The van der Waals surface area contributed by atoms with Crippen LogP contribution in [-0.4, -0.2) is 0 Å². The zero-order valence-electron chi connectivity index (χ0n) is 6.80. The Hall–Kier alpha value is -1.04. The summed E-state index contributed by atoms with van der Waals surface area (Å²) in [6.07, 6.45) is 7.05. The van der Waals surface area contributed by atoms with Crippen molar-refractivity contribution in [1.29, 1.82) is 0 Å². The van der Waals surface area contributed by atoms with Gasteiger partial charge < -0.3 is 0 Å². The average molecular weight is 144 g/mol. The van der Waals surface area contributed by atoms with Crippen molar-refractivity contribution in [2.75, 3.05) is 0 Å². The van der Waals surface area contributed by atoms with Crippen LogP contribution in [0.4, 0.5) is 0 Å². The minimum Gasteiger partial charge on any atom is -0.0764 e. The molecule has 2 rings (SSSR count). The molecule has 0 amide bonds. The Morgan fingerprint density at radius 2 is 1.73 bits per heavy atom. The van der Waals surface area contributed by atoms with Gasteiger partial charge >= 0.3 is 0 Å². The first-order chi connectivity index (χ1) is 5.36. The van der Waals surface area contributed by atoms with E-state index < -0.39 is 0 Å². The third-order valence-corrected chi connectivity index (χ3v) is 2.14. The Labute approximate surface area is 66.9 Å². The Balaban J connectivity index is 2.80. The molecule has 0 aliphatic heterocycles. The molecule has 0 saturated heterocycles. The summed E-state index contributed by atoms with van der Waals surface area (Å²) >= 11 is 0. The maximum absolute atomic E-state index is 2.32. The molecule has 0 N–H and O–H groups in total. The molecule has 0 nitrogen and oxygen atoms in total. The standard InChI is InChI=1S/C11H12/c1-9-6-7-10-4-2-3-5-11(10)8-9/h4-8H,2-3H2,1H3. The van der Waals surface area contributed by atoms with Crippen molar-refractivity contribution in [1.82, 2.24) is 0 Å². The second kappa shape index (κ2) is 2.54. The molecule has 0 atom stereocenters. The highest BCUT2D eigenvalue weighted by molar-refractivity contribution is 5.39. The van der Waals surface area contributed by atoms with Gasteiger partial charge in [0.15, 0.2) is 0 Å². The van der Waals surface area contributed by atoms with E-state index in [9.17, 15) is 0 Å². The van der Waals surface area contributed by atoms with Crippen LogP contribution in [-0.2, 0) is 0 Å². The fourth-order valence-corrected chi connectivity index (χ4v) is 1.53. The molecule has 0 aromatic heterocycles. The van der Waals surface area contributed by atoms with Gasteiger partial charge in [-0.1, -0.05) is 35.9 Å². The van der Waals surface area contributed by atoms with Gasteiger partial charge in [0, 0.05) is 0 Å². The van der Waals surface area contributed by atoms with E-state index in [1.54, 1.807) is 0 Å². The summed E-state index contributed by atoms with van der Waals surface area (Å²) in [5.74, 6) is 0. The third kappa shape index (κ3) is 1.21. The van der Waals surface area contributed by atoms with E-state index in [1.165, 1.54) is 28.8 Å².